The zero-order chi connectivity index (χ0) is 20.4. The van der Waals surface area contributed by atoms with Crippen LogP contribution in [0.5, 0.6) is 11.5 Å². The summed E-state index contributed by atoms with van der Waals surface area (Å²) < 4.78 is 12.7. The van der Waals surface area contributed by atoms with Crippen LogP contribution >= 0.6 is 34.8 Å². The Morgan fingerprint density at radius 1 is 1.07 bits per heavy atom. The SMILES string of the molecule is O=C(Cc1cc(Cl)c2c(c1)OCCO2)Nc1ccnn1Cc1ccc(Cl)cc1Cl. The van der Waals surface area contributed by atoms with Crippen molar-refractivity contribution in [2.24, 2.45) is 0 Å². The van der Waals surface area contributed by atoms with Crippen LogP contribution in [0.1, 0.15) is 11.1 Å². The number of hydrogen-bond donors (Lipinski definition) is 1. The fraction of sp³-hybridized carbons (Fsp3) is 0.200. The lowest BCUT2D eigenvalue weighted by Gasteiger charge is -2.20. The fourth-order valence-electron chi connectivity index (χ4n) is 3.01. The number of anilines is 1. The molecule has 29 heavy (non-hydrogen) atoms. The molecule has 0 radical (unpaired) electrons. The second-order valence-corrected chi connectivity index (χ2v) is 7.69. The van der Waals surface area contributed by atoms with Gasteiger partial charge in [-0.15, -0.1) is 0 Å². The Bertz CT molecular complexity index is 1070. The van der Waals surface area contributed by atoms with Crippen molar-refractivity contribution in [2.75, 3.05) is 18.5 Å². The van der Waals surface area contributed by atoms with Gasteiger partial charge in [0.05, 0.1) is 24.2 Å². The van der Waals surface area contributed by atoms with Crippen molar-refractivity contribution in [2.45, 2.75) is 13.0 Å². The third-order valence-electron chi connectivity index (χ3n) is 4.34. The molecule has 1 aliphatic heterocycles. The van der Waals surface area contributed by atoms with Crippen LogP contribution in [0.25, 0.3) is 0 Å². The number of nitrogens with zero attached hydrogens (tertiary/aromatic N) is 2. The first-order valence-electron chi connectivity index (χ1n) is 8.83. The predicted octanol–water partition coefficient (Wildman–Crippen LogP) is 4.84. The molecule has 150 valence electrons. The van der Waals surface area contributed by atoms with E-state index in [1.165, 1.54) is 0 Å². The Labute approximate surface area is 182 Å². The predicted molar refractivity (Wildman–Crippen MR) is 113 cm³/mol. The molecule has 9 heteroatoms. The Kier molecular flexibility index (Phi) is 5.85. The number of carbonyl (C=O) groups is 1. The number of halogens is 3. The summed E-state index contributed by atoms with van der Waals surface area (Å²) in [6.45, 7) is 1.30. The highest BCUT2D eigenvalue weighted by Crippen LogP contribution is 2.38. The topological polar surface area (TPSA) is 65.4 Å². The molecule has 3 aromatic rings. The maximum absolute atomic E-state index is 12.6. The van der Waals surface area contributed by atoms with Crippen molar-refractivity contribution < 1.29 is 14.3 Å². The lowest BCUT2D eigenvalue weighted by molar-refractivity contribution is -0.115. The first-order chi connectivity index (χ1) is 14.0. The first kappa shape index (κ1) is 19.9. The highest BCUT2D eigenvalue weighted by Gasteiger charge is 2.18. The number of carbonyl (C=O) groups excluding carboxylic acids is 1. The molecule has 0 saturated carbocycles. The quantitative estimate of drug-likeness (QED) is 0.601. The molecular formula is C20H16Cl3N3O3. The van der Waals surface area contributed by atoms with E-state index in [2.05, 4.69) is 10.4 Å². The monoisotopic (exact) mass is 451 g/mol. The number of hydrogen-bond acceptors (Lipinski definition) is 4. The van der Waals surface area contributed by atoms with Crippen molar-refractivity contribution in [3.05, 3.63) is 68.8 Å². The maximum atomic E-state index is 12.6. The average molecular weight is 453 g/mol. The summed E-state index contributed by atoms with van der Waals surface area (Å²) in [5, 5.41) is 8.65. The summed E-state index contributed by atoms with van der Waals surface area (Å²) in [5.41, 5.74) is 1.57. The van der Waals surface area contributed by atoms with Gasteiger partial charge in [0.1, 0.15) is 19.0 Å². The molecule has 2 heterocycles. The minimum Gasteiger partial charge on any atom is -0.486 e. The van der Waals surface area contributed by atoms with E-state index in [9.17, 15) is 4.79 Å². The van der Waals surface area contributed by atoms with Crippen molar-refractivity contribution in [3.8, 4) is 11.5 Å². The summed E-state index contributed by atoms with van der Waals surface area (Å²) in [7, 11) is 0. The molecule has 0 fully saturated rings. The van der Waals surface area contributed by atoms with Crippen LogP contribution in [-0.4, -0.2) is 28.9 Å². The van der Waals surface area contributed by atoms with Gasteiger partial charge in [0.15, 0.2) is 11.5 Å². The molecule has 0 spiro atoms. The highest BCUT2D eigenvalue weighted by molar-refractivity contribution is 6.35. The number of aromatic nitrogens is 2. The standard InChI is InChI=1S/C20H16Cl3N3O3/c21-14-2-1-13(15(22)10-14)11-26-18(3-4-24-26)25-19(27)9-12-7-16(23)20-17(8-12)28-5-6-29-20/h1-4,7-8,10H,5-6,9,11H2,(H,25,27). The summed E-state index contributed by atoms with van der Waals surface area (Å²) in [6, 6.07) is 10.5. The lowest BCUT2D eigenvalue weighted by Crippen LogP contribution is -2.19. The summed E-state index contributed by atoms with van der Waals surface area (Å²) >= 11 is 18.4. The molecule has 0 saturated heterocycles. The summed E-state index contributed by atoms with van der Waals surface area (Å²) in [6.07, 6.45) is 1.74. The van der Waals surface area contributed by atoms with Gasteiger partial charge in [0, 0.05) is 16.1 Å². The van der Waals surface area contributed by atoms with Gasteiger partial charge in [-0.3, -0.25) is 4.79 Å². The molecule has 0 unspecified atom stereocenters. The summed E-state index contributed by atoms with van der Waals surface area (Å²) in [5.74, 6) is 1.42. The fourth-order valence-corrected chi connectivity index (χ4v) is 3.77. The number of amides is 1. The van der Waals surface area contributed by atoms with E-state index in [0.717, 1.165) is 11.1 Å². The smallest absolute Gasteiger partial charge is 0.229 e. The van der Waals surface area contributed by atoms with Gasteiger partial charge in [0.2, 0.25) is 5.91 Å². The molecule has 0 aliphatic carbocycles. The Hall–Kier alpha value is -2.41. The third-order valence-corrected chi connectivity index (χ3v) is 5.21. The van der Waals surface area contributed by atoms with Crippen LogP contribution < -0.4 is 14.8 Å². The van der Waals surface area contributed by atoms with Gasteiger partial charge in [-0.1, -0.05) is 40.9 Å². The van der Waals surface area contributed by atoms with Gasteiger partial charge in [0.25, 0.3) is 0 Å². The number of benzene rings is 2. The Morgan fingerprint density at radius 3 is 2.72 bits per heavy atom. The molecule has 4 rings (SSSR count). The van der Waals surface area contributed by atoms with Gasteiger partial charge < -0.3 is 14.8 Å². The van der Waals surface area contributed by atoms with Crippen LogP contribution in [-0.2, 0) is 17.8 Å². The minimum atomic E-state index is -0.207. The molecule has 1 amide bonds. The van der Waals surface area contributed by atoms with E-state index in [4.69, 9.17) is 44.3 Å². The van der Waals surface area contributed by atoms with Crippen LogP contribution in [0.2, 0.25) is 15.1 Å². The van der Waals surface area contributed by atoms with E-state index in [1.54, 1.807) is 41.2 Å². The normalized spacial score (nSPS) is 12.7. The van der Waals surface area contributed by atoms with Crippen molar-refractivity contribution in [1.29, 1.82) is 0 Å². The van der Waals surface area contributed by atoms with Crippen molar-refractivity contribution >= 4 is 46.5 Å². The molecule has 2 aromatic carbocycles. The number of nitrogens with one attached hydrogen (secondary N) is 1. The van der Waals surface area contributed by atoms with E-state index < -0.39 is 0 Å². The number of ether oxygens (including phenoxy) is 2. The van der Waals surface area contributed by atoms with Crippen LogP contribution in [0.3, 0.4) is 0 Å². The van der Waals surface area contributed by atoms with Crippen molar-refractivity contribution in [1.82, 2.24) is 9.78 Å². The van der Waals surface area contributed by atoms with Crippen molar-refractivity contribution in [3.63, 3.8) is 0 Å². The highest BCUT2D eigenvalue weighted by atomic mass is 35.5. The zero-order valence-electron chi connectivity index (χ0n) is 15.1. The van der Waals surface area contributed by atoms with Crippen LogP contribution in [0.4, 0.5) is 5.82 Å². The molecule has 0 atom stereocenters. The van der Waals surface area contributed by atoms with E-state index in [-0.39, 0.29) is 12.3 Å². The molecule has 1 aromatic heterocycles. The Morgan fingerprint density at radius 2 is 1.90 bits per heavy atom. The van der Waals surface area contributed by atoms with E-state index in [1.807, 2.05) is 6.07 Å². The van der Waals surface area contributed by atoms with Crippen LogP contribution in [0, 0.1) is 0 Å². The second-order valence-electron chi connectivity index (χ2n) is 6.44. The van der Waals surface area contributed by atoms with Gasteiger partial charge >= 0.3 is 0 Å². The average Bonchev–Trinajstić information content (AvgIpc) is 3.10. The number of rotatable bonds is 5. The Balaban J connectivity index is 1.46. The number of fused-ring (bicyclic) bond motifs is 1. The molecule has 1 N–H and O–H groups in total. The lowest BCUT2D eigenvalue weighted by atomic mass is 10.1. The second kappa shape index (κ2) is 8.53. The molecular weight excluding hydrogens is 437 g/mol. The van der Waals surface area contributed by atoms with E-state index in [0.29, 0.717) is 52.1 Å². The third kappa shape index (κ3) is 4.61. The minimum absolute atomic E-state index is 0.128. The maximum Gasteiger partial charge on any atom is 0.229 e. The van der Waals surface area contributed by atoms with Crippen LogP contribution in [0.15, 0.2) is 42.6 Å². The van der Waals surface area contributed by atoms with Gasteiger partial charge in [-0.25, -0.2) is 4.68 Å². The molecule has 1 aliphatic rings. The first-order valence-corrected chi connectivity index (χ1v) is 9.96. The largest absolute Gasteiger partial charge is 0.486 e. The summed E-state index contributed by atoms with van der Waals surface area (Å²) in [4.78, 5) is 12.6. The molecule has 6 nitrogen and oxygen atoms in total. The molecule has 0 bridgehead atoms. The van der Waals surface area contributed by atoms with Gasteiger partial charge in [-0.05, 0) is 35.4 Å². The zero-order valence-corrected chi connectivity index (χ0v) is 17.4. The van der Waals surface area contributed by atoms with E-state index >= 15 is 0 Å². The van der Waals surface area contributed by atoms with Gasteiger partial charge in [-0.2, -0.15) is 5.10 Å².